The van der Waals surface area contributed by atoms with Crippen molar-refractivity contribution in [1.82, 2.24) is 10.2 Å². The van der Waals surface area contributed by atoms with Crippen LogP contribution in [0.3, 0.4) is 0 Å². The summed E-state index contributed by atoms with van der Waals surface area (Å²) in [4.78, 5) is 26.5. The number of rotatable bonds is 5. The SMILES string of the molecule is CCCC1NC(=O)C(C(C)C)N(CC2CC2)C1=O. The molecule has 0 radical (unpaired) electrons. The summed E-state index contributed by atoms with van der Waals surface area (Å²) in [6.07, 6.45) is 4.07. The number of hydrogen-bond acceptors (Lipinski definition) is 2. The number of carbonyl (C=O) groups is 2. The van der Waals surface area contributed by atoms with Crippen LogP contribution in [0, 0.1) is 11.8 Å². The highest BCUT2D eigenvalue weighted by Gasteiger charge is 2.43. The Morgan fingerprint density at radius 3 is 2.50 bits per heavy atom. The van der Waals surface area contributed by atoms with Crippen LogP contribution in [0.2, 0.25) is 0 Å². The zero-order valence-electron chi connectivity index (χ0n) is 11.6. The molecule has 0 aromatic carbocycles. The summed E-state index contributed by atoms with van der Waals surface area (Å²) in [5.41, 5.74) is 0. The third-order valence-corrected chi connectivity index (χ3v) is 3.86. The summed E-state index contributed by atoms with van der Waals surface area (Å²) in [5.74, 6) is 0.962. The van der Waals surface area contributed by atoms with Gasteiger partial charge in [0.25, 0.3) is 0 Å². The molecule has 1 saturated heterocycles. The van der Waals surface area contributed by atoms with Crippen LogP contribution in [0.1, 0.15) is 46.5 Å². The highest BCUT2D eigenvalue weighted by molar-refractivity contribution is 5.97. The van der Waals surface area contributed by atoms with Gasteiger partial charge < -0.3 is 10.2 Å². The first-order chi connectivity index (χ1) is 8.54. The van der Waals surface area contributed by atoms with Crippen LogP contribution in [0.4, 0.5) is 0 Å². The first kappa shape index (κ1) is 13.4. The summed E-state index contributed by atoms with van der Waals surface area (Å²) in [6.45, 7) is 6.84. The van der Waals surface area contributed by atoms with E-state index in [1.807, 2.05) is 25.7 Å². The maximum atomic E-state index is 12.5. The van der Waals surface area contributed by atoms with E-state index in [9.17, 15) is 9.59 Å². The fourth-order valence-corrected chi connectivity index (χ4v) is 2.73. The molecule has 2 unspecified atom stereocenters. The van der Waals surface area contributed by atoms with Gasteiger partial charge in [-0.1, -0.05) is 27.2 Å². The normalized spacial score (nSPS) is 28.8. The summed E-state index contributed by atoms with van der Waals surface area (Å²) in [6, 6.07) is -0.567. The van der Waals surface area contributed by atoms with Crippen molar-refractivity contribution in [1.29, 1.82) is 0 Å². The summed E-state index contributed by atoms with van der Waals surface area (Å²) in [7, 11) is 0. The van der Waals surface area contributed by atoms with E-state index in [2.05, 4.69) is 5.32 Å². The minimum Gasteiger partial charge on any atom is -0.342 e. The molecule has 0 aromatic heterocycles. The Morgan fingerprint density at radius 2 is 2.00 bits per heavy atom. The molecule has 1 aliphatic carbocycles. The monoisotopic (exact) mass is 252 g/mol. The second-order valence-electron chi connectivity index (χ2n) is 5.97. The Balaban J connectivity index is 2.14. The quantitative estimate of drug-likeness (QED) is 0.807. The molecule has 1 saturated carbocycles. The van der Waals surface area contributed by atoms with Crippen LogP contribution in [-0.4, -0.2) is 35.3 Å². The van der Waals surface area contributed by atoms with Crippen molar-refractivity contribution in [3.8, 4) is 0 Å². The van der Waals surface area contributed by atoms with Crippen molar-refractivity contribution in [3.05, 3.63) is 0 Å². The van der Waals surface area contributed by atoms with Crippen LogP contribution in [-0.2, 0) is 9.59 Å². The fourth-order valence-electron chi connectivity index (χ4n) is 2.73. The van der Waals surface area contributed by atoms with Gasteiger partial charge in [-0.25, -0.2) is 0 Å². The van der Waals surface area contributed by atoms with Gasteiger partial charge in [0.15, 0.2) is 0 Å². The van der Waals surface area contributed by atoms with E-state index >= 15 is 0 Å². The number of amides is 2. The highest BCUT2D eigenvalue weighted by Crippen LogP contribution is 2.32. The van der Waals surface area contributed by atoms with Crippen molar-refractivity contribution in [2.45, 2.75) is 58.5 Å². The largest absolute Gasteiger partial charge is 0.342 e. The molecule has 2 aliphatic rings. The highest BCUT2D eigenvalue weighted by atomic mass is 16.2. The second-order valence-corrected chi connectivity index (χ2v) is 5.97. The molecule has 1 aliphatic heterocycles. The molecule has 0 bridgehead atoms. The second kappa shape index (κ2) is 5.29. The molecule has 0 spiro atoms. The lowest BCUT2D eigenvalue weighted by Gasteiger charge is -2.41. The smallest absolute Gasteiger partial charge is 0.245 e. The van der Waals surface area contributed by atoms with Gasteiger partial charge in [0.2, 0.25) is 11.8 Å². The molecule has 4 nitrogen and oxygen atoms in total. The van der Waals surface area contributed by atoms with Crippen molar-refractivity contribution in [2.75, 3.05) is 6.54 Å². The minimum atomic E-state index is -0.295. The molecule has 18 heavy (non-hydrogen) atoms. The van der Waals surface area contributed by atoms with Crippen molar-refractivity contribution in [2.24, 2.45) is 11.8 Å². The lowest BCUT2D eigenvalue weighted by molar-refractivity contribution is -0.151. The minimum absolute atomic E-state index is 0.0312. The van der Waals surface area contributed by atoms with E-state index < -0.39 is 0 Å². The molecule has 2 fully saturated rings. The Bertz CT molecular complexity index is 337. The van der Waals surface area contributed by atoms with Crippen molar-refractivity contribution in [3.63, 3.8) is 0 Å². The van der Waals surface area contributed by atoms with E-state index in [0.717, 1.165) is 19.4 Å². The van der Waals surface area contributed by atoms with Crippen LogP contribution >= 0.6 is 0 Å². The Morgan fingerprint density at radius 1 is 1.33 bits per heavy atom. The van der Waals surface area contributed by atoms with E-state index in [1.165, 1.54) is 12.8 Å². The predicted molar refractivity (Wildman–Crippen MR) is 69.9 cm³/mol. The summed E-state index contributed by atoms with van der Waals surface area (Å²) >= 11 is 0. The zero-order chi connectivity index (χ0) is 13.3. The Hall–Kier alpha value is -1.06. The van der Waals surface area contributed by atoms with Crippen molar-refractivity contribution >= 4 is 11.8 Å². The van der Waals surface area contributed by atoms with E-state index in [-0.39, 0.29) is 29.8 Å². The number of nitrogens with one attached hydrogen (secondary N) is 1. The Kier molecular flexibility index (Phi) is 3.93. The topological polar surface area (TPSA) is 49.4 Å². The molecule has 102 valence electrons. The predicted octanol–water partition coefficient (Wildman–Crippen LogP) is 1.55. The number of hydrogen-bond donors (Lipinski definition) is 1. The fraction of sp³-hybridized carbons (Fsp3) is 0.857. The average Bonchev–Trinajstić information content (AvgIpc) is 3.08. The van der Waals surface area contributed by atoms with Crippen LogP contribution in [0.15, 0.2) is 0 Å². The average molecular weight is 252 g/mol. The lowest BCUT2D eigenvalue weighted by atomic mass is 9.95. The molecular weight excluding hydrogens is 228 g/mol. The molecule has 4 heteroatoms. The van der Waals surface area contributed by atoms with Gasteiger partial charge in [0, 0.05) is 6.54 Å². The van der Waals surface area contributed by atoms with Gasteiger partial charge in [-0.15, -0.1) is 0 Å². The van der Waals surface area contributed by atoms with Gasteiger partial charge in [-0.2, -0.15) is 0 Å². The van der Waals surface area contributed by atoms with E-state index in [0.29, 0.717) is 5.92 Å². The third-order valence-electron chi connectivity index (χ3n) is 3.86. The number of piperazine rings is 1. The molecule has 1 N–H and O–H groups in total. The molecule has 0 aromatic rings. The number of nitrogens with zero attached hydrogens (tertiary/aromatic N) is 1. The van der Waals surface area contributed by atoms with E-state index in [4.69, 9.17) is 0 Å². The standard InChI is InChI=1S/C14H24N2O2/c1-4-5-11-14(18)16(8-10-6-7-10)12(9(2)3)13(17)15-11/h9-12H,4-8H2,1-3H3,(H,15,17). The van der Waals surface area contributed by atoms with Crippen LogP contribution in [0.5, 0.6) is 0 Å². The van der Waals surface area contributed by atoms with Gasteiger partial charge in [0.05, 0.1) is 0 Å². The van der Waals surface area contributed by atoms with Gasteiger partial charge >= 0.3 is 0 Å². The third kappa shape index (κ3) is 2.68. The van der Waals surface area contributed by atoms with Gasteiger partial charge in [0.1, 0.15) is 12.1 Å². The van der Waals surface area contributed by atoms with Crippen LogP contribution in [0.25, 0.3) is 0 Å². The molecular formula is C14H24N2O2. The van der Waals surface area contributed by atoms with Crippen molar-refractivity contribution < 1.29 is 9.59 Å². The maximum absolute atomic E-state index is 12.5. The first-order valence-corrected chi connectivity index (χ1v) is 7.15. The Labute approximate surface area is 109 Å². The molecule has 2 rings (SSSR count). The first-order valence-electron chi connectivity index (χ1n) is 7.15. The zero-order valence-corrected chi connectivity index (χ0v) is 11.6. The summed E-state index contributed by atoms with van der Waals surface area (Å²) in [5, 5.41) is 2.89. The van der Waals surface area contributed by atoms with Gasteiger partial charge in [-0.3, -0.25) is 9.59 Å². The number of carbonyl (C=O) groups excluding carboxylic acids is 2. The maximum Gasteiger partial charge on any atom is 0.245 e. The summed E-state index contributed by atoms with van der Waals surface area (Å²) < 4.78 is 0. The lowest BCUT2D eigenvalue weighted by Crippen LogP contribution is -2.65. The molecule has 2 atom stereocenters. The van der Waals surface area contributed by atoms with Gasteiger partial charge in [-0.05, 0) is 31.1 Å². The molecule has 1 heterocycles. The molecule has 2 amide bonds. The van der Waals surface area contributed by atoms with E-state index in [1.54, 1.807) is 0 Å². The van der Waals surface area contributed by atoms with Crippen LogP contribution < -0.4 is 5.32 Å².